The number of hydrogen-bond acceptors (Lipinski definition) is 3. The summed E-state index contributed by atoms with van der Waals surface area (Å²) in [5, 5.41) is 7.45. The zero-order valence-corrected chi connectivity index (χ0v) is 13.8. The minimum absolute atomic E-state index is 0.0714. The highest BCUT2D eigenvalue weighted by Gasteiger charge is 2.08. The van der Waals surface area contributed by atoms with Gasteiger partial charge in [0.15, 0.2) is 0 Å². The summed E-state index contributed by atoms with van der Waals surface area (Å²) >= 11 is 0. The molecule has 2 aromatic rings. The van der Waals surface area contributed by atoms with Gasteiger partial charge in [0.25, 0.3) is 0 Å². The average Bonchev–Trinajstić information content (AvgIpc) is 2.85. The Morgan fingerprint density at radius 2 is 1.95 bits per heavy atom. The summed E-state index contributed by atoms with van der Waals surface area (Å²) < 4.78 is 1.92. The molecule has 0 atom stereocenters. The van der Waals surface area contributed by atoms with Crippen molar-refractivity contribution in [3.8, 4) is 11.3 Å². The molecule has 2 rings (SSSR count). The molecule has 5 heteroatoms. The molecule has 1 heterocycles. The molecule has 0 aliphatic carbocycles. The van der Waals surface area contributed by atoms with Crippen molar-refractivity contribution in [2.75, 3.05) is 14.1 Å². The fourth-order valence-corrected chi connectivity index (χ4v) is 2.24. The lowest BCUT2D eigenvalue weighted by Crippen LogP contribution is -2.21. The number of benzene rings is 1. The smallest absolute Gasteiger partial charge is 0.219 e. The van der Waals surface area contributed by atoms with Gasteiger partial charge >= 0.3 is 0 Å². The highest BCUT2D eigenvalue weighted by Crippen LogP contribution is 2.20. The van der Waals surface area contributed by atoms with E-state index in [1.807, 2.05) is 44.9 Å². The van der Waals surface area contributed by atoms with Crippen molar-refractivity contribution in [2.45, 2.75) is 26.4 Å². The van der Waals surface area contributed by atoms with Gasteiger partial charge in [-0.3, -0.25) is 9.48 Å². The Hall–Kier alpha value is -2.14. The standard InChI is InChI=1S/C17H24N4O/c1-5-17(22)18-11-13-6-8-14(9-7-13)16-10-15(12-20(2)3)21(4)19-16/h6-10H,5,11-12H2,1-4H3,(H,18,22). The highest BCUT2D eigenvalue weighted by molar-refractivity contribution is 5.75. The number of nitrogens with one attached hydrogen (secondary N) is 1. The van der Waals surface area contributed by atoms with Crippen molar-refractivity contribution < 1.29 is 4.79 Å². The van der Waals surface area contributed by atoms with E-state index in [2.05, 4.69) is 33.5 Å². The van der Waals surface area contributed by atoms with Crippen LogP contribution in [0.4, 0.5) is 0 Å². The molecule has 0 aliphatic rings. The van der Waals surface area contributed by atoms with Gasteiger partial charge in [0.2, 0.25) is 5.91 Å². The van der Waals surface area contributed by atoms with Crippen molar-refractivity contribution in [2.24, 2.45) is 7.05 Å². The molecule has 1 N–H and O–H groups in total. The Morgan fingerprint density at radius 1 is 1.27 bits per heavy atom. The SMILES string of the molecule is CCC(=O)NCc1ccc(-c2cc(CN(C)C)n(C)n2)cc1. The van der Waals surface area contributed by atoms with E-state index in [-0.39, 0.29) is 5.91 Å². The Bertz CT molecular complexity index is 629. The number of hydrogen-bond donors (Lipinski definition) is 1. The number of carbonyl (C=O) groups excluding carboxylic acids is 1. The molecule has 1 aromatic heterocycles. The summed E-state index contributed by atoms with van der Waals surface area (Å²) in [6, 6.07) is 10.3. The van der Waals surface area contributed by atoms with Gasteiger partial charge in [-0.15, -0.1) is 0 Å². The number of rotatable bonds is 6. The first-order valence-electron chi connectivity index (χ1n) is 7.53. The molecule has 5 nitrogen and oxygen atoms in total. The lowest BCUT2D eigenvalue weighted by molar-refractivity contribution is -0.120. The molecule has 0 saturated heterocycles. The first-order chi connectivity index (χ1) is 10.5. The normalized spacial score (nSPS) is 11.0. The molecule has 0 fully saturated rings. The molecule has 118 valence electrons. The fraction of sp³-hybridized carbons (Fsp3) is 0.412. The molecule has 0 saturated carbocycles. The van der Waals surface area contributed by atoms with Crippen LogP contribution in [0.15, 0.2) is 30.3 Å². The van der Waals surface area contributed by atoms with Gasteiger partial charge in [0.1, 0.15) is 0 Å². The van der Waals surface area contributed by atoms with E-state index in [0.717, 1.165) is 23.4 Å². The molecular weight excluding hydrogens is 276 g/mol. The maximum Gasteiger partial charge on any atom is 0.219 e. The van der Waals surface area contributed by atoms with Crippen LogP contribution >= 0.6 is 0 Å². The van der Waals surface area contributed by atoms with E-state index in [0.29, 0.717) is 13.0 Å². The van der Waals surface area contributed by atoms with Crippen molar-refractivity contribution in [3.63, 3.8) is 0 Å². The van der Waals surface area contributed by atoms with E-state index in [4.69, 9.17) is 0 Å². The van der Waals surface area contributed by atoms with Gasteiger partial charge in [-0.1, -0.05) is 31.2 Å². The maximum absolute atomic E-state index is 11.3. The quantitative estimate of drug-likeness (QED) is 0.889. The molecule has 0 radical (unpaired) electrons. The van der Waals surface area contributed by atoms with Crippen molar-refractivity contribution in [1.29, 1.82) is 0 Å². The average molecular weight is 300 g/mol. The van der Waals surface area contributed by atoms with E-state index in [1.165, 1.54) is 5.69 Å². The summed E-state index contributed by atoms with van der Waals surface area (Å²) in [7, 11) is 6.06. The van der Waals surface area contributed by atoms with Crippen LogP contribution < -0.4 is 5.32 Å². The van der Waals surface area contributed by atoms with Crippen LogP contribution in [0.5, 0.6) is 0 Å². The maximum atomic E-state index is 11.3. The van der Waals surface area contributed by atoms with Crippen LogP contribution in [-0.2, 0) is 24.9 Å². The van der Waals surface area contributed by atoms with Crippen LogP contribution in [0.3, 0.4) is 0 Å². The van der Waals surface area contributed by atoms with Crippen LogP contribution in [0.1, 0.15) is 24.6 Å². The predicted molar refractivity (Wildman–Crippen MR) is 88.2 cm³/mol. The molecule has 0 spiro atoms. The minimum atomic E-state index is 0.0714. The molecule has 0 aliphatic heterocycles. The van der Waals surface area contributed by atoms with Crippen LogP contribution in [0.25, 0.3) is 11.3 Å². The number of carbonyl (C=O) groups is 1. The van der Waals surface area contributed by atoms with Crippen molar-refractivity contribution in [1.82, 2.24) is 20.0 Å². The summed E-state index contributed by atoms with van der Waals surface area (Å²) in [5.74, 6) is 0.0714. The van der Waals surface area contributed by atoms with Gasteiger partial charge in [0.05, 0.1) is 11.4 Å². The fourth-order valence-electron chi connectivity index (χ4n) is 2.24. The van der Waals surface area contributed by atoms with E-state index >= 15 is 0 Å². The monoisotopic (exact) mass is 300 g/mol. The summed E-state index contributed by atoms with van der Waals surface area (Å²) in [6.07, 6.45) is 0.515. The van der Waals surface area contributed by atoms with Gasteiger partial charge < -0.3 is 10.2 Å². The van der Waals surface area contributed by atoms with Gasteiger partial charge in [-0.2, -0.15) is 5.10 Å². The molecule has 0 unspecified atom stereocenters. The molecule has 0 bridgehead atoms. The number of nitrogens with zero attached hydrogens (tertiary/aromatic N) is 3. The van der Waals surface area contributed by atoms with Crippen LogP contribution in [0.2, 0.25) is 0 Å². The Labute approximate surface area is 131 Å². The minimum Gasteiger partial charge on any atom is -0.352 e. The second-order valence-corrected chi connectivity index (χ2v) is 5.71. The third-order valence-electron chi connectivity index (χ3n) is 3.52. The topological polar surface area (TPSA) is 50.2 Å². The Balaban J connectivity index is 2.08. The summed E-state index contributed by atoms with van der Waals surface area (Å²) in [4.78, 5) is 13.4. The van der Waals surface area contributed by atoms with E-state index in [9.17, 15) is 4.79 Å². The molecule has 1 amide bonds. The molecule has 1 aromatic carbocycles. The van der Waals surface area contributed by atoms with E-state index < -0.39 is 0 Å². The second kappa shape index (κ2) is 7.22. The highest BCUT2D eigenvalue weighted by atomic mass is 16.1. The largest absolute Gasteiger partial charge is 0.352 e. The Morgan fingerprint density at radius 3 is 2.55 bits per heavy atom. The summed E-state index contributed by atoms with van der Waals surface area (Å²) in [6.45, 7) is 3.29. The molecular formula is C17H24N4O. The zero-order valence-electron chi connectivity index (χ0n) is 13.8. The zero-order chi connectivity index (χ0) is 16.1. The van der Waals surface area contributed by atoms with Crippen LogP contribution in [0, 0.1) is 0 Å². The lowest BCUT2D eigenvalue weighted by Gasteiger charge is -2.08. The predicted octanol–water partition coefficient (Wildman–Crippen LogP) is 2.17. The lowest BCUT2D eigenvalue weighted by atomic mass is 10.1. The molecule has 22 heavy (non-hydrogen) atoms. The summed E-state index contributed by atoms with van der Waals surface area (Å²) in [5.41, 5.74) is 4.34. The van der Waals surface area contributed by atoms with Gasteiger partial charge in [0, 0.05) is 32.1 Å². The van der Waals surface area contributed by atoms with E-state index in [1.54, 1.807) is 0 Å². The van der Waals surface area contributed by atoms with Crippen molar-refractivity contribution in [3.05, 3.63) is 41.6 Å². The third kappa shape index (κ3) is 4.18. The third-order valence-corrected chi connectivity index (χ3v) is 3.52. The van der Waals surface area contributed by atoms with Crippen LogP contribution in [-0.4, -0.2) is 34.7 Å². The first kappa shape index (κ1) is 16.2. The number of amides is 1. The van der Waals surface area contributed by atoms with Gasteiger partial charge in [-0.05, 0) is 25.7 Å². The number of aryl methyl sites for hydroxylation is 1. The number of aromatic nitrogens is 2. The second-order valence-electron chi connectivity index (χ2n) is 5.71. The van der Waals surface area contributed by atoms with Crippen molar-refractivity contribution >= 4 is 5.91 Å². The first-order valence-corrected chi connectivity index (χ1v) is 7.53. The van der Waals surface area contributed by atoms with Gasteiger partial charge in [-0.25, -0.2) is 0 Å². The Kier molecular flexibility index (Phi) is 5.33.